The van der Waals surface area contributed by atoms with Crippen molar-refractivity contribution in [2.45, 2.75) is 71.1 Å². The molecule has 0 fully saturated rings. The van der Waals surface area contributed by atoms with E-state index in [1.807, 2.05) is 30.3 Å². The molecule has 0 aromatic heterocycles. The summed E-state index contributed by atoms with van der Waals surface area (Å²) in [6.07, 6.45) is 13.6. The van der Waals surface area contributed by atoms with Gasteiger partial charge in [-0.3, -0.25) is 0 Å². The third-order valence-electron chi connectivity index (χ3n) is 4.68. The fraction of sp³-hybridized carbons (Fsp3) is 0.500. The van der Waals surface area contributed by atoms with E-state index in [1.54, 1.807) is 0 Å². The lowest BCUT2D eigenvalue weighted by atomic mass is 10.1. The summed E-state index contributed by atoms with van der Waals surface area (Å²) in [6.45, 7) is 3.10. The Kier molecular flexibility index (Phi) is 10.4. The maximum absolute atomic E-state index is 5.86. The first-order valence-corrected chi connectivity index (χ1v) is 10.4. The lowest BCUT2D eigenvalue weighted by Crippen LogP contribution is -1.97. The largest absolute Gasteiger partial charge is 0.494 e. The second kappa shape index (κ2) is 13.3. The van der Waals surface area contributed by atoms with Crippen molar-refractivity contribution in [3.05, 3.63) is 54.6 Å². The number of rotatable bonds is 14. The predicted molar refractivity (Wildman–Crippen MR) is 114 cm³/mol. The molecule has 0 spiro atoms. The van der Waals surface area contributed by atoms with Crippen LogP contribution in [0, 0.1) is 0 Å². The molecule has 2 rings (SSSR count). The van der Waals surface area contributed by atoms with Crippen LogP contribution in [0.5, 0.6) is 5.75 Å². The van der Waals surface area contributed by atoms with E-state index < -0.39 is 0 Å². The van der Waals surface area contributed by atoms with Crippen molar-refractivity contribution >= 4 is 11.4 Å². The maximum Gasteiger partial charge on any atom is 0.119 e. The van der Waals surface area contributed by atoms with E-state index in [2.05, 4.69) is 36.5 Å². The van der Waals surface area contributed by atoms with Gasteiger partial charge in [0.05, 0.1) is 6.61 Å². The van der Waals surface area contributed by atoms with Crippen molar-refractivity contribution in [3.63, 3.8) is 0 Å². The molecule has 0 bridgehead atoms. The SMILES string of the molecule is CCCCCCCCCCCCOc1ccc(Nc2ccccc2)cc1. The van der Waals surface area contributed by atoms with Gasteiger partial charge < -0.3 is 10.1 Å². The minimum absolute atomic E-state index is 0.821. The second-order valence-corrected chi connectivity index (χ2v) is 7.05. The van der Waals surface area contributed by atoms with Crippen LogP contribution < -0.4 is 10.1 Å². The van der Waals surface area contributed by atoms with Crippen molar-refractivity contribution in [1.29, 1.82) is 0 Å². The van der Waals surface area contributed by atoms with Crippen molar-refractivity contribution < 1.29 is 4.74 Å². The van der Waals surface area contributed by atoms with Gasteiger partial charge in [0, 0.05) is 11.4 Å². The normalized spacial score (nSPS) is 10.7. The lowest BCUT2D eigenvalue weighted by molar-refractivity contribution is 0.304. The summed E-state index contributed by atoms with van der Waals surface area (Å²) in [7, 11) is 0. The van der Waals surface area contributed by atoms with Crippen LogP contribution in [0.25, 0.3) is 0 Å². The van der Waals surface area contributed by atoms with Crippen molar-refractivity contribution in [1.82, 2.24) is 0 Å². The topological polar surface area (TPSA) is 21.3 Å². The van der Waals surface area contributed by atoms with Crippen LogP contribution in [-0.4, -0.2) is 6.61 Å². The fourth-order valence-corrected chi connectivity index (χ4v) is 3.10. The molecule has 26 heavy (non-hydrogen) atoms. The average molecular weight is 354 g/mol. The minimum Gasteiger partial charge on any atom is -0.494 e. The Labute approximate surface area is 160 Å². The second-order valence-electron chi connectivity index (χ2n) is 7.05. The van der Waals surface area contributed by atoms with Crippen LogP contribution in [0.2, 0.25) is 0 Å². The van der Waals surface area contributed by atoms with Crippen LogP contribution in [-0.2, 0) is 0 Å². The highest BCUT2D eigenvalue weighted by molar-refractivity contribution is 5.59. The standard InChI is InChI=1S/C24H35NO/c1-2-3-4-5-6-7-8-9-10-14-21-26-24-19-17-23(18-20-24)25-22-15-12-11-13-16-22/h11-13,15-20,25H,2-10,14,21H2,1H3. The molecule has 0 saturated carbocycles. The number of anilines is 2. The van der Waals surface area contributed by atoms with Gasteiger partial charge in [-0.15, -0.1) is 0 Å². The van der Waals surface area contributed by atoms with Crippen LogP contribution >= 0.6 is 0 Å². The molecule has 2 aromatic rings. The van der Waals surface area contributed by atoms with E-state index in [-0.39, 0.29) is 0 Å². The molecule has 0 atom stereocenters. The molecule has 0 aliphatic heterocycles. The van der Waals surface area contributed by atoms with Gasteiger partial charge in [0.15, 0.2) is 0 Å². The molecule has 1 N–H and O–H groups in total. The molecule has 2 aromatic carbocycles. The van der Waals surface area contributed by atoms with E-state index in [1.165, 1.54) is 57.8 Å². The lowest BCUT2D eigenvalue weighted by Gasteiger charge is -2.09. The molecular formula is C24H35NO. The smallest absolute Gasteiger partial charge is 0.119 e. The van der Waals surface area contributed by atoms with Gasteiger partial charge in [-0.05, 0) is 42.8 Å². The Morgan fingerprint density at radius 3 is 1.77 bits per heavy atom. The first-order chi connectivity index (χ1) is 12.9. The highest BCUT2D eigenvalue weighted by Gasteiger charge is 1.97. The zero-order valence-corrected chi connectivity index (χ0v) is 16.4. The van der Waals surface area contributed by atoms with Gasteiger partial charge >= 0.3 is 0 Å². The first-order valence-electron chi connectivity index (χ1n) is 10.4. The molecule has 0 aliphatic carbocycles. The zero-order valence-electron chi connectivity index (χ0n) is 16.4. The monoisotopic (exact) mass is 353 g/mol. The number of nitrogens with one attached hydrogen (secondary N) is 1. The van der Waals surface area contributed by atoms with E-state index in [0.29, 0.717) is 0 Å². The molecule has 0 unspecified atom stereocenters. The number of ether oxygens (including phenoxy) is 1. The van der Waals surface area contributed by atoms with Crippen molar-refractivity contribution in [3.8, 4) is 5.75 Å². The zero-order chi connectivity index (χ0) is 18.3. The van der Waals surface area contributed by atoms with E-state index in [0.717, 1.165) is 30.2 Å². The van der Waals surface area contributed by atoms with E-state index in [4.69, 9.17) is 4.74 Å². The quantitative estimate of drug-likeness (QED) is 0.351. The first kappa shape index (κ1) is 20.4. The molecule has 0 amide bonds. The van der Waals surface area contributed by atoms with Gasteiger partial charge in [-0.25, -0.2) is 0 Å². The Hall–Kier alpha value is -1.96. The molecule has 0 saturated heterocycles. The molecule has 0 radical (unpaired) electrons. The number of hydrogen-bond acceptors (Lipinski definition) is 2. The Morgan fingerprint density at radius 1 is 0.615 bits per heavy atom. The summed E-state index contributed by atoms with van der Waals surface area (Å²) < 4.78 is 5.86. The van der Waals surface area contributed by atoms with Gasteiger partial charge in [0.25, 0.3) is 0 Å². The average Bonchev–Trinajstić information content (AvgIpc) is 2.68. The summed E-state index contributed by atoms with van der Waals surface area (Å²) in [5.74, 6) is 0.958. The maximum atomic E-state index is 5.86. The van der Waals surface area contributed by atoms with Crippen LogP contribution in [0.3, 0.4) is 0 Å². The fourth-order valence-electron chi connectivity index (χ4n) is 3.10. The van der Waals surface area contributed by atoms with E-state index in [9.17, 15) is 0 Å². The highest BCUT2D eigenvalue weighted by atomic mass is 16.5. The van der Waals surface area contributed by atoms with Gasteiger partial charge in [-0.2, -0.15) is 0 Å². The molecule has 0 heterocycles. The highest BCUT2D eigenvalue weighted by Crippen LogP contribution is 2.20. The summed E-state index contributed by atoms with van der Waals surface area (Å²) in [4.78, 5) is 0. The molecule has 142 valence electrons. The van der Waals surface area contributed by atoms with Crippen LogP contribution in [0.15, 0.2) is 54.6 Å². The Morgan fingerprint density at radius 2 is 1.15 bits per heavy atom. The summed E-state index contributed by atoms with van der Waals surface area (Å²) in [6, 6.07) is 18.4. The minimum atomic E-state index is 0.821. The summed E-state index contributed by atoms with van der Waals surface area (Å²) in [5, 5.41) is 3.39. The molecule has 2 heteroatoms. The number of hydrogen-bond donors (Lipinski definition) is 1. The number of benzene rings is 2. The molecule has 0 aliphatic rings. The van der Waals surface area contributed by atoms with Crippen molar-refractivity contribution in [2.75, 3.05) is 11.9 Å². The van der Waals surface area contributed by atoms with Gasteiger partial charge in [-0.1, -0.05) is 82.9 Å². The molecular weight excluding hydrogens is 318 g/mol. The third kappa shape index (κ3) is 8.94. The summed E-state index contributed by atoms with van der Waals surface area (Å²) >= 11 is 0. The van der Waals surface area contributed by atoms with Gasteiger partial charge in [0.1, 0.15) is 5.75 Å². The molecule has 2 nitrogen and oxygen atoms in total. The Bertz CT molecular complexity index is 565. The van der Waals surface area contributed by atoms with Crippen LogP contribution in [0.4, 0.5) is 11.4 Å². The number of unbranched alkanes of at least 4 members (excludes halogenated alkanes) is 9. The van der Waals surface area contributed by atoms with E-state index >= 15 is 0 Å². The third-order valence-corrected chi connectivity index (χ3v) is 4.68. The predicted octanol–water partition coefficient (Wildman–Crippen LogP) is 7.73. The Balaban J connectivity index is 1.49. The number of para-hydroxylation sites is 1. The summed E-state index contributed by atoms with van der Waals surface area (Å²) in [5.41, 5.74) is 2.19. The van der Waals surface area contributed by atoms with Crippen LogP contribution in [0.1, 0.15) is 71.1 Å². The van der Waals surface area contributed by atoms with Crippen molar-refractivity contribution in [2.24, 2.45) is 0 Å². The van der Waals surface area contributed by atoms with Gasteiger partial charge in [0.2, 0.25) is 0 Å².